The van der Waals surface area contributed by atoms with E-state index in [1.54, 1.807) is 23.7 Å². The molecule has 4 rings (SSSR count). The number of para-hydroxylation sites is 1. The highest BCUT2D eigenvalue weighted by Crippen LogP contribution is 2.35. The molecule has 27 heavy (non-hydrogen) atoms. The molecule has 134 valence electrons. The molecule has 8 heteroatoms. The average Bonchev–Trinajstić information content (AvgIpc) is 3.36. The van der Waals surface area contributed by atoms with Gasteiger partial charge in [0.1, 0.15) is 11.3 Å². The van der Waals surface area contributed by atoms with Crippen LogP contribution in [0, 0.1) is 5.82 Å². The number of nitrogens with one attached hydrogen (secondary N) is 1. The maximum absolute atomic E-state index is 13.1. The average molecular weight is 414 g/mol. The van der Waals surface area contributed by atoms with Crippen LogP contribution in [0.5, 0.6) is 0 Å². The van der Waals surface area contributed by atoms with Crippen molar-refractivity contribution < 1.29 is 9.18 Å². The standard InChI is InChI=1S/C19H12FN3OS3/c20-13-7-5-12(6-8-13)15-9-10-17(26-15)18(24)22-14-3-1-2-4-16(14)27-19-23-21-11-25-19/h1-11H,(H,22,24). The maximum Gasteiger partial charge on any atom is 0.265 e. The molecule has 0 aliphatic carbocycles. The third kappa shape index (κ3) is 4.24. The number of amides is 1. The van der Waals surface area contributed by atoms with Gasteiger partial charge in [-0.2, -0.15) is 0 Å². The highest BCUT2D eigenvalue weighted by molar-refractivity contribution is 8.01. The van der Waals surface area contributed by atoms with Gasteiger partial charge in [-0.3, -0.25) is 4.79 Å². The van der Waals surface area contributed by atoms with Gasteiger partial charge in [0, 0.05) is 9.77 Å². The fourth-order valence-electron chi connectivity index (χ4n) is 2.37. The van der Waals surface area contributed by atoms with Gasteiger partial charge in [0.15, 0.2) is 4.34 Å². The lowest BCUT2D eigenvalue weighted by Crippen LogP contribution is -2.10. The molecule has 2 aromatic heterocycles. The summed E-state index contributed by atoms with van der Waals surface area (Å²) < 4.78 is 13.9. The summed E-state index contributed by atoms with van der Waals surface area (Å²) in [5, 5.41) is 10.8. The minimum atomic E-state index is -0.280. The molecule has 0 spiro atoms. The van der Waals surface area contributed by atoms with E-state index in [4.69, 9.17) is 0 Å². The Hall–Kier alpha value is -2.55. The van der Waals surface area contributed by atoms with Crippen LogP contribution in [0.4, 0.5) is 10.1 Å². The highest BCUT2D eigenvalue weighted by Gasteiger charge is 2.13. The topological polar surface area (TPSA) is 54.9 Å². The van der Waals surface area contributed by atoms with E-state index in [-0.39, 0.29) is 11.7 Å². The number of hydrogen-bond donors (Lipinski definition) is 1. The monoisotopic (exact) mass is 413 g/mol. The number of carbonyl (C=O) groups excluding carboxylic acids is 1. The minimum absolute atomic E-state index is 0.182. The first kappa shape index (κ1) is 17.8. The van der Waals surface area contributed by atoms with Crippen molar-refractivity contribution in [1.82, 2.24) is 10.2 Å². The van der Waals surface area contributed by atoms with Gasteiger partial charge in [-0.25, -0.2) is 4.39 Å². The smallest absolute Gasteiger partial charge is 0.265 e. The molecule has 1 N–H and O–H groups in total. The first-order valence-electron chi connectivity index (χ1n) is 7.89. The highest BCUT2D eigenvalue weighted by atomic mass is 32.2. The SMILES string of the molecule is O=C(Nc1ccccc1Sc1nncs1)c1ccc(-c2ccc(F)cc2)s1. The van der Waals surface area contributed by atoms with E-state index in [1.807, 2.05) is 30.3 Å². The number of rotatable bonds is 5. The molecule has 0 saturated carbocycles. The molecule has 0 saturated heterocycles. The van der Waals surface area contributed by atoms with Crippen molar-refractivity contribution in [1.29, 1.82) is 0 Å². The zero-order chi connectivity index (χ0) is 18.6. The summed E-state index contributed by atoms with van der Waals surface area (Å²) in [6, 6.07) is 17.5. The van der Waals surface area contributed by atoms with E-state index >= 15 is 0 Å². The van der Waals surface area contributed by atoms with Crippen LogP contribution in [-0.2, 0) is 0 Å². The summed E-state index contributed by atoms with van der Waals surface area (Å²) in [5.41, 5.74) is 3.28. The number of anilines is 1. The van der Waals surface area contributed by atoms with Crippen LogP contribution in [0.1, 0.15) is 9.67 Å². The van der Waals surface area contributed by atoms with E-state index < -0.39 is 0 Å². The lowest BCUT2D eigenvalue weighted by Gasteiger charge is -2.08. The Kier molecular flexibility index (Phi) is 5.28. The van der Waals surface area contributed by atoms with E-state index in [9.17, 15) is 9.18 Å². The number of benzene rings is 2. The minimum Gasteiger partial charge on any atom is -0.320 e. The summed E-state index contributed by atoms with van der Waals surface area (Å²) in [5.74, 6) is -0.462. The predicted molar refractivity (Wildman–Crippen MR) is 108 cm³/mol. The molecule has 0 aliphatic heterocycles. The second-order valence-corrected chi connectivity index (χ2v) is 8.63. The van der Waals surface area contributed by atoms with Gasteiger partial charge >= 0.3 is 0 Å². The van der Waals surface area contributed by atoms with Crippen LogP contribution in [0.15, 0.2) is 75.4 Å². The van der Waals surface area contributed by atoms with Gasteiger partial charge in [0.2, 0.25) is 0 Å². The fraction of sp³-hybridized carbons (Fsp3) is 0. The molecule has 2 aromatic carbocycles. The van der Waals surface area contributed by atoms with Crippen molar-refractivity contribution >= 4 is 46.0 Å². The van der Waals surface area contributed by atoms with Gasteiger partial charge in [0.25, 0.3) is 5.91 Å². The lowest BCUT2D eigenvalue weighted by atomic mass is 10.2. The van der Waals surface area contributed by atoms with E-state index in [2.05, 4.69) is 15.5 Å². The van der Waals surface area contributed by atoms with Gasteiger partial charge in [-0.1, -0.05) is 47.4 Å². The van der Waals surface area contributed by atoms with Crippen molar-refractivity contribution in [2.75, 3.05) is 5.32 Å². The number of halogens is 1. The summed E-state index contributed by atoms with van der Waals surface area (Å²) in [7, 11) is 0. The zero-order valence-corrected chi connectivity index (χ0v) is 16.2. The Morgan fingerprint density at radius 1 is 1.04 bits per heavy atom. The molecule has 0 fully saturated rings. The Morgan fingerprint density at radius 2 is 1.85 bits per heavy atom. The third-order valence-electron chi connectivity index (χ3n) is 3.63. The summed E-state index contributed by atoms with van der Waals surface area (Å²) in [6.45, 7) is 0. The molecule has 0 radical (unpaired) electrons. The molecule has 0 aliphatic rings. The summed E-state index contributed by atoms with van der Waals surface area (Å²) in [6.07, 6.45) is 0. The molecular formula is C19H12FN3OS3. The molecule has 4 aromatic rings. The van der Waals surface area contributed by atoms with Crippen molar-refractivity contribution in [3.8, 4) is 10.4 Å². The van der Waals surface area contributed by atoms with Crippen molar-refractivity contribution in [3.05, 3.63) is 76.9 Å². The Balaban J connectivity index is 1.52. The van der Waals surface area contributed by atoms with Crippen molar-refractivity contribution in [3.63, 3.8) is 0 Å². The van der Waals surface area contributed by atoms with Crippen LogP contribution >= 0.6 is 34.4 Å². The second kappa shape index (κ2) is 7.99. The number of nitrogens with zero attached hydrogens (tertiary/aromatic N) is 2. The van der Waals surface area contributed by atoms with Crippen molar-refractivity contribution in [2.24, 2.45) is 0 Å². The molecule has 1 amide bonds. The number of aromatic nitrogens is 2. The van der Waals surface area contributed by atoms with Gasteiger partial charge < -0.3 is 5.32 Å². The molecule has 4 nitrogen and oxygen atoms in total. The normalized spacial score (nSPS) is 10.7. The van der Waals surface area contributed by atoms with E-state index in [0.717, 1.165) is 25.4 Å². The Bertz CT molecular complexity index is 1060. The van der Waals surface area contributed by atoms with Crippen LogP contribution in [-0.4, -0.2) is 16.1 Å². The number of carbonyl (C=O) groups is 1. The van der Waals surface area contributed by atoms with Crippen molar-refractivity contribution in [2.45, 2.75) is 9.24 Å². The summed E-state index contributed by atoms with van der Waals surface area (Å²) in [4.78, 5) is 15.1. The second-order valence-electron chi connectivity index (χ2n) is 5.43. The molecule has 0 bridgehead atoms. The van der Waals surface area contributed by atoms with Gasteiger partial charge in [-0.05, 0) is 42.0 Å². The fourth-order valence-corrected chi connectivity index (χ4v) is 4.80. The number of hydrogen-bond acceptors (Lipinski definition) is 6. The third-order valence-corrected chi connectivity index (χ3v) is 6.62. The zero-order valence-electron chi connectivity index (χ0n) is 13.8. The van der Waals surface area contributed by atoms with Crippen LogP contribution in [0.25, 0.3) is 10.4 Å². The first-order valence-corrected chi connectivity index (χ1v) is 10.4. The first-order chi connectivity index (χ1) is 13.2. The molecule has 0 unspecified atom stereocenters. The summed E-state index contributed by atoms with van der Waals surface area (Å²) >= 11 is 4.28. The largest absolute Gasteiger partial charge is 0.320 e. The van der Waals surface area contributed by atoms with Crippen LogP contribution < -0.4 is 5.32 Å². The molecule has 0 atom stereocenters. The molecular weight excluding hydrogens is 401 g/mol. The number of thiophene rings is 1. The van der Waals surface area contributed by atoms with E-state index in [0.29, 0.717) is 4.88 Å². The lowest BCUT2D eigenvalue weighted by molar-refractivity contribution is 0.103. The van der Waals surface area contributed by atoms with Crippen LogP contribution in [0.2, 0.25) is 0 Å². The Labute approximate surface area is 167 Å². The quantitative estimate of drug-likeness (QED) is 0.449. The Morgan fingerprint density at radius 3 is 2.63 bits per heavy atom. The van der Waals surface area contributed by atoms with Gasteiger partial charge in [-0.15, -0.1) is 21.5 Å². The maximum atomic E-state index is 13.1. The molecule has 2 heterocycles. The van der Waals surface area contributed by atoms with E-state index in [1.165, 1.54) is 46.6 Å². The predicted octanol–water partition coefficient (Wildman–Crippen LogP) is 5.81. The van der Waals surface area contributed by atoms with Gasteiger partial charge in [0.05, 0.1) is 10.6 Å². The van der Waals surface area contributed by atoms with Crippen LogP contribution in [0.3, 0.4) is 0 Å².